The fourth-order valence-corrected chi connectivity index (χ4v) is 2.34. The largest absolute Gasteiger partial charge is 0.497 e. The highest BCUT2D eigenvalue weighted by Crippen LogP contribution is 2.14. The smallest absolute Gasteiger partial charge is 0.319 e. The minimum atomic E-state index is -0.170. The molecule has 0 atom stereocenters. The van der Waals surface area contributed by atoms with Gasteiger partial charge in [-0.25, -0.2) is 4.79 Å². The molecular weight excluding hydrogens is 282 g/mol. The molecule has 1 aliphatic rings. The molecule has 0 aliphatic carbocycles. The van der Waals surface area contributed by atoms with E-state index in [0.29, 0.717) is 6.54 Å². The summed E-state index contributed by atoms with van der Waals surface area (Å²) in [6.07, 6.45) is 2.07. The Morgan fingerprint density at radius 2 is 1.95 bits per heavy atom. The molecule has 2 rings (SSSR count). The zero-order chi connectivity index (χ0) is 15.6. The van der Waals surface area contributed by atoms with Crippen LogP contribution in [0.4, 0.5) is 10.5 Å². The molecule has 0 saturated carbocycles. The van der Waals surface area contributed by atoms with Crippen molar-refractivity contribution in [2.45, 2.75) is 12.8 Å². The number of unbranched alkanes of at least 4 members (excludes halogenated alkanes) is 1. The highest BCUT2D eigenvalue weighted by molar-refractivity contribution is 5.89. The van der Waals surface area contributed by atoms with Gasteiger partial charge in [0.2, 0.25) is 0 Å². The lowest BCUT2D eigenvalue weighted by atomic mass is 10.2. The maximum atomic E-state index is 11.8. The van der Waals surface area contributed by atoms with Crippen LogP contribution < -0.4 is 15.4 Å². The van der Waals surface area contributed by atoms with Crippen molar-refractivity contribution in [1.82, 2.24) is 10.2 Å². The zero-order valence-electron chi connectivity index (χ0n) is 13.1. The number of rotatable bonds is 7. The lowest BCUT2D eigenvalue weighted by molar-refractivity contribution is 0.0372. The van der Waals surface area contributed by atoms with Crippen LogP contribution in [0.15, 0.2) is 24.3 Å². The third-order valence-corrected chi connectivity index (χ3v) is 3.64. The van der Waals surface area contributed by atoms with Gasteiger partial charge in [-0.05, 0) is 43.7 Å². The maximum Gasteiger partial charge on any atom is 0.319 e. The molecule has 6 heteroatoms. The summed E-state index contributed by atoms with van der Waals surface area (Å²) in [7, 11) is 1.62. The number of hydrogen-bond donors (Lipinski definition) is 2. The van der Waals surface area contributed by atoms with Gasteiger partial charge in [0.15, 0.2) is 0 Å². The number of carbonyl (C=O) groups is 1. The number of anilines is 1. The zero-order valence-corrected chi connectivity index (χ0v) is 13.1. The van der Waals surface area contributed by atoms with Crippen molar-refractivity contribution in [3.8, 4) is 5.75 Å². The lowest BCUT2D eigenvalue weighted by Crippen LogP contribution is -2.37. The minimum absolute atomic E-state index is 0.170. The SMILES string of the molecule is COc1ccc(NC(=O)NCCCCN2CCOCC2)cc1. The maximum absolute atomic E-state index is 11.8. The van der Waals surface area contributed by atoms with Gasteiger partial charge < -0.3 is 20.1 Å². The Bertz CT molecular complexity index is 444. The summed E-state index contributed by atoms with van der Waals surface area (Å²) in [5.41, 5.74) is 0.756. The lowest BCUT2D eigenvalue weighted by Gasteiger charge is -2.26. The number of carbonyl (C=O) groups excluding carboxylic acids is 1. The van der Waals surface area contributed by atoms with Crippen molar-refractivity contribution >= 4 is 11.7 Å². The van der Waals surface area contributed by atoms with Crippen molar-refractivity contribution in [3.63, 3.8) is 0 Å². The number of hydrogen-bond acceptors (Lipinski definition) is 4. The molecule has 1 aliphatic heterocycles. The summed E-state index contributed by atoms with van der Waals surface area (Å²) in [6, 6.07) is 7.10. The number of urea groups is 1. The molecule has 6 nitrogen and oxygen atoms in total. The van der Waals surface area contributed by atoms with Gasteiger partial charge in [0.25, 0.3) is 0 Å². The van der Waals surface area contributed by atoms with E-state index in [0.717, 1.165) is 57.1 Å². The number of amides is 2. The molecule has 1 saturated heterocycles. The average molecular weight is 307 g/mol. The molecule has 2 N–H and O–H groups in total. The van der Waals surface area contributed by atoms with Crippen molar-refractivity contribution < 1.29 is 14.3 Å². The summed E-state index contributed by atoms with van der Waals surface area (Å²) in [5.74, 6) is 0.772. The molecule has 0 radical (unpaired) electrons. The number of morpholine rings is 1. The van der Waals surface area contributed by atoms with Crippen LogP contribution in [0, 0.1) is 0 Å². The molecule has 0 unspecified atom stereocenters. The Morgan fingerprint density at radius 3 is 2.64 bits per heavy atom. The predicted octanol–water partition coefficient (Wildman–Crippen LogP) is 1.93. The number of methoxy groups -OCH3 is 1. The first-order chi connectivity index (χ1) is 10.8. The van der Waals surface area contributed by atoms with E-state index in [-0.39, 0.29) is 6.03 Å². The molecule has 122 valence electrons. The van der Waals surface area contributed by atoms with Crippen LogP contribution in [0.1, 0.15) is 12.8 Å². The van der Waals surface area contributed by atoms with E-state index in [1.807, 2.05) is 24.3 Å². The Kier molecular flexibility index (Phi) is 6.99. The fraction of sp³-hybridized carbons (Fsp3) is 0.562. The van der Waals surface area contributed by atoms with Crippen molar-refractivity contribution in [2.75, 3.05) is 51.8 Å². The van der Waals surface area contributed by atoms with Gasteiger partial charge in [-0.3, -0.25) is 4.90 Å². The van der Waals surface area contributed by atoms with Gasteiger partial charge in [0.05, 0.1) is 20.3 Å². The topological polar surface area (TPSA) is 62.8 Å². The highest BCUT2D eigenvalue weighted by atomic mass is 16.5. The molecule has 0 aromatic heterocycles. The van der Waals surface area contributed by atoms with E-state index in [9.17, 15) is 4.79 Å². The molecule has 0 bridgehead atoms. The van der Waals surface area contributed by atoms with Gasteiger partial charge >= 0.3 is 6.03 Å². The molecule has 1 fully saturated rings. The fourth-order valence-electron chi connectivity index (χ4n) is 2.34. The van der Waals surface area contributed by atoms with Gasteiger partial charge in [-0.15, -0.1) is 0 Å². The molecule has 2 amide bonds. The summed E-state index contributed by atoms with van der Waals surface area (Å²) in [5, 5.41) is 5.67. The van der Waals surface area contributed by atoms with Gasteiger partial charge in [-0.2, -0.15) is 0 Å². The number of nitrogens with one attached hydrogen (secondary N) is 2. The summed E-state index contributed by atoms with van der Waals surface area (Å²) in [4.78, 5) is 14.2. The van der Waals surface area contributed by atoms with E-state index >= 15 is 0 Å². The Morgan fingerprint density at radius 1 is 1.23 bits per heavy atom. The van der Waals surface area contributed by atoms with Crippen LogP contribution in [0.2, 0.25) is 0 Å². The number of ether oxygens (including phenoxy) is 2. The third-order valence-electron chi connectivity index (χ3n) is 3.64. The molecule has 1 aromatic carbocycles. The second-order valence-corrected chi connectivity index (χ2v) is 5.27. The summed E-state index contributed by atoms with van der Waals surface area (Å²) >= 11 is 0. The van der Waals surface area contributed by atoms with E-state index in [1.165, 1.54) is 0 Å². The molecule has 0 spiro atoms. The monoisotopic (exact) mass is 307 g/mol. The normalized spacial score (nSPS) is 15.3. The van der Waals surface area contributed by atoms with Crippen LogP contribution in [0.25, 0.3) is 0 Å². The minimum Gasteiger partial charge on any atom is -0.497 e. The third kappa shape index (κ3) is 5.91. The van der Waals surface area contributed by atoms with Crippen molar-refractivity contribution in [3.05, 3.63) is 24.3 Å². The molecular formula is C16H25N3O3. The standard InChI is InChI=1S/C16H25N3O3/c1-21-15-6-4-14(5-7-15)18-16(20)17-8-2-3-9-19-10-12-22-13-11-19/h4-7H,2-3,8-13H2,1H3,(H2,17,18,20). The second kappa shape index (κ2) is 9.27. The first-order valence-electron chi connectivity index (χ1n) is 7.77. The molecule has 1 aromatic rings. The number of nitrogens with zero attached hydrogens (tertiary/aromatic N) is 1. The van der Waals surface area contributed by atoms with E-state index in [2.05, 4.69) is 15.5 Å². The molecule has 1 heterocycles. The van der Waals surface area contributed by atoms with Crippen molar-refractivity contribution in [1.29, 1.82) is 0 Å². The van der Waals surface area contributed by atoms with E-state index < -0.39 is 0 Å². The van der Waals surface area contributed by atoms with Crippen LogP contribution in [-0.2, 0) is 4.74 Å². The highest BCUT2D eigenvalue weighted by Gasteiger charge is 2.09. The van der Waals surface area contributed by atoms with E-state index in [1.54, 1.807) is 7.11 Å². The van der Waals surface area contributed by atoms with Crippen LogP contribution in [0.3, 0.4) is 0 Å². The van der Waals surface area contributed by atoms with Gasteiger partial charge in [0, 0.05) is 25.3 Å². The predicted molar refractivity (Wildman–Crippen MR) is 86.5 cm³/mol. The van der Waals surface area contributed by atoms with Crippen LogP contribution in [0.5, 0.6) is 5.75 Å². The Labute approximate surface area is 131 Å². The quantitative estimate of drug-likeness (QED) is 0.756. The average Bonchev–Trinajstić information content (AvgIpc) is 2.56. The van der Waals surface area contributed by atoms with Crippen LogP contribution in [-0.4, -0.2) is 57.4 Å². The van der Waals surface area contributed by atoms with Gasteiger partial charge in [-0.1, -0.05) is 0 Å². The van der Waals surface area contributed by atoms with Gasteiger partial charge in [0.1, 0.15) is 5.75 Å². The van der Waals surface area contributed by atoms with Crippen molar-refractivity contribution in [2.24, 2.45) is 0 Å². The van der Waals surface area contributed by atoms with E-state index in [4.69, 9.17) is 9.47 Å². The Hall–Kier alpha value is -1.79. The second-order valence-electron chi connectivity index (χ2n) is 5.27. The summed E-state index contributed by atoms with van der Waals surface area (Å²) < 4.78 is 10.4. The first kappa shape index (κ1) is 16.6. The Balaban J connectivity index is 1.55. The molecule has 22 heavy (non-hydrogen) atoms. The van der Waals surface area contributed by atoms with Crippen LogP contribution >= 0.6 is 0 Å². The first-order valence-corrected chi connectivity index (χ1v) is 7.77. The number of benzene rings is 1. The summed E-state index contributed by atoms with van der Waals surface area (Å²) in [6.45, 7) is 5.47.